The number of morpholine rings is 1. The highest BCUT2D eigenvalue weighted by Crippen LogP contribution is 2.16. The average molecular weight is 366 g/mol. The molecule has 0 bridgehead atoms. The molecular formula is C18H30N4O4. The Hall–Kier alpha value is -2.06. The first-order valence-electron chi connectivity index (χ1n) is 9.06. The Balaban J connectivity index is 1.92. The average Bonchev–Trinajstić information content (AvgIpc) is 3.04. The minimum absolute atomic E-state index is 0.346. The van der Waals surface area contributed by atoms with Gasteiger partial charge in [-0.15, -0.1) is 0 Å². The van der Waals surface area contributed by atoms with Crippen molar-refractivity contribution in [2.24, 2.45) is 4.99 Å². The molecule has 1 aromatic rings. The summed E-state index contributed by atoms with van der Waals surface area (Å²) in [4.78, 5) is 18.6. The molecule has 0 aliphatic carbocycles. The van der Waals surface area contributed by atoms with Gasteiger partial charge in [-0.05, 0) is 26.8 Å². The van der Waals surface area contributed by atoms with Gasteiger partial charge in [-0.25, -0.2) is 9.79 Å². The van der Waals surface area contributed by atoms with E-state index in [0.29, 0.717) is 29.7 Å². The summed E-state index contributed by atoms with van der Waals surface area (Å²) in [6.45, 7) is 11.4. The lowest BCUT2D eigenvalue weighted by molar-refractivity contribution is 0.0211. The van der Waals surface area contributed by atoms with Crippen molar-refractivity contribution in [1.82, 2.24) is 15.5 Å². The Bertz CT molecular complexity index is 608. The molecule has 1 saturated heterocycles. The molecule has 1 aliphatic rings. The Morgan fingerprint density at radius 1 is 1.38 bits per heavy atom. The lowest BCUT2D eigenvalue weighted by Gasteiger charge is -2.32. The monoisotopic (exact) mass is 366 g/mol. The van der Waals surface area contributed by atoms with Gasteiger partial charge < -0.3 is 24.5 Å². The molecule has 8 nitrogen and oxygen atoms in total. The Kier molecular flexibility index (Phi) is 7.93. The zero-order valence-corrected chi connectivity index (χ0v) is 16.1. The third-order valence-corrected chi connectivity index (χ3v) is 4.35. The van der Waals surface area contributed by atoms with E-state index in [0.717, 1.165) is 45.4 Å². The third-order valence-electron chi connectivity index (χ3n) is 4.35. The van der Waals surface area contributed by atoms with Crippen LogP contribution in [-0.4, -0.2) is 69.4 Å². The number of nitrogens with one attached hydrogen (secondary N) is 2. The minimum Gasteiger partial charge on any atom is -0.465 e. The SMILES string of the molecule is CCNC(=NCc1cc(C(=O)OC)c(C)o1)NCC(C)N1CCOCC1. The molecule has 0 spiro atoms. The molecule has 2 heterocycles. The minimum atomic E-state index is -0.397. The summed E-state index contributed by atoms with van der Waals surface area (Å²) in [7, 11) is 1.36. The summed E-state index contributed by atoms with van der Waals surface area (Å²) in [6.07, 6.45) is 0. The molecule has 146 valence electrons. The van der Waals surface area contributed by atoms with Crippen LogP contribution in [0.15, 0.2) is 15.5 Å². The quantitative estimate of drug-likeness (QED) is 0.425. The van der Waals surface area contributed by atoms with Crippen LogP contribution in [0.2, 0.25) is 0 Å². The van der Waals surface area contributed by atoms with Crippen molar-refractivity contribution in [2.45, 2.75) is 33.4 Å². The molecular weight excluding hydrogens is 336 g/mol. The van der Waals surface area contributed by atoms with Crippen LogP contribution in [0.1, 0.15) is 35.7 Å². The molecule has 1 aromatic heterocycles. The van der Waals surface area contributed by atoms with Gasteiger partial charge in [0.15, 0.2) is 5.96 Å². The van der Waals surface area contributed by atoms with Crippen molar-refractivity contribution >= 4 is 11.9 Å². The number of guanidine groups is 1. The smallest absolute Gasteiger partial charge is 0.341 e. The zero-order chi connectivity index (χ0) is 18.9. The van der Waals surface area contributed by atoms with Crippen LogP contribution in [0.3, 0.4) is 0 Å². The first-order chi connectivity index (χ1) is 12.5. The van der Waals surface area contributed by atoms with E-state index >= 15 is 0 Å². The lowest BCUT2D eigenvalue weighted by atomic mass is 10.2. The number of hydrogen-bond acceptors (Lipinski definition) is 6. The highest BCUT2D eigenvalue weighted by Gasteiger charge is 2.17. The van der Waals surface area contributed by atoms with E-state index in [2.05, 4.69) is 27.4 Å². The Labute approximate surface area is 154 Å². The van der Waals surface area contributed by atoms with Crippen LogP contribution in [0.5, 0.6) is 0 Å². The maximum absolute atomic E-state index is 11.7. The molecule has 1 fully saturated rings. The number of furan rings is 1. The Morgan fingerprint density at radius 3 is 2.77 bits per heavy atom. The van der Waals surface area contributed by atoms with E-state index < -0.39 is 5.97 Å². The molecule has 0 amide bonds. The maximum atomic E-state index is 11.7. The van der Waals surface area contributed by atoms with E-state index in [1.807, 2.05) is 6.92 Å². The summed E-state index contributed by atoms with van der Waals surface area (Å²) >= 11 is 0. The van der Waals surface area contributed by atoms with Gasteiger partial charge in [0.1, 0.15) is 23.6 Å². The van der Waals surface area contributed by atoms with Crippen molar-refractivity contribution in [3.05, 3.63) is 23.2 Å². The van der Waals surface area contributed by atoms with Gasteiger partial charge in [0.25, 0.3) is 0 Å². The van der Waals surface area contributed by atoms with Crippen molar-refractivity contribution in [2.75, 3.05) is 46.5 Å². The van der Waals surface area contributed by atoms with Gasteiger partial charge in [-0.2, -0.15) is 0 Å². The second kappa shape index (κ2) is 10.2. The van der Waals surface area contributed by atoms with Gasteiger partial charge >= 0.3 is 5.97 Å². The molecule has 2 N–H and O–H groups in total. The topological polar surface area (TPSA) is 88.3 Å². The van der Waals surface area contributed by atoms with Crippen LogP contribution in [0, 0.1) is 6.92 Å². The number of aryl methyl sites for hydroxylation is 1. The predicted octanol–water partition coefficient (Wildman–Crippen LogP) is 1.15. The predicted molar refractivity (Wildman–Crippen MR) is 99.5 cm³/mol. The van der Waals surface area contributed by atoms with Gasteiger partial charge in [0, 0.05) is 32.2 Å². The van der Waals surface area contributed by atoms with E-state index in [1.54, 1.807) is 13.0 Å². The number of rotatable bonds is 7. The van der Waals surface area contributed by atoms with Gasteiger partial charge in [-0.3, -0.25) is 4.90 Å². The van der Waals surface area contributed by atoms with E-state index in [9.17, 15) is 4.79 Å². The molecule has 0 saturated carbocycles. The highest BCUT2D eigenvalue weighted by atomic mass is 16.5. The van der Waals surface area contributed by atoms with Gasteiger partial charge in [0.2, 0.25) is 0 Å². The fraction of sp³-hybridized carbons (Fsp3) is 0.667. The third kappa shape index (κ3) is 5.74. The number of hydrogen-bond donors (Lipinski definition) is 2. The number of carbonyl (C=O) groups excluding carboxylic acids is 1. The summed E-state index contributed by atoms with van der Waals surface area (Å²) < 4.78 is 15.7. The number of aliphatic imine (C=N–C) groups is 1. The van der Waals surface area contributed by atoms with Crippen LogP contribution in [-0.2, 0) is 16.0 Å². The summed E-state index contributed by atoms with van der Waals surface area (Å²) in [5.41, 5.74) is 0.441. The summed E-state index contributed by atoms with van der Waals surface area (Å²) in [5.74, 6) is 1.49. The van der Waals surface area contributed by atoms with Gasteiger partial charge in [-0.1, -0.05) is 0 Å². The number of nitrogens with zero attached hydrogens (tertiary/aromatic N) is 2. The second-order valence-electron chi connectivity index (χ2n) is 6.25. The molecule has 1 aliphatic heterocycles. The van der Waals surface area contributed by atoms with Crippen LogP contribution in [0.4, 0.5) is 0 Å². The maximum Gasteiger partial charge on any atom is 0.341 e. The number of esters is 1. The molecule has 1 atom stereocenters. The number of ether oxygens (including phenoxy) is 2. The molecule has 0 radical (unpaired) electrons. The van der Waals surface area contributed by atoms with Crippen LogP contribution < -0.4 is 10.6 Å². The van der Waals surface area contributed by atoms with E-state index in [-0.39, 0.29) is 0 Å². The fourth-order valence-electron chi connectivity index (χ4n) is 2.82. The zero-order valence-electron chi connectivity index (χ0n) is 16.1. The van der Waals surface area contributed by atoms with E-state index in [4.69, 9.17) is 13.9 Å². The Morgan fingerprint density at radius 2 is 2.12 bits per heavy atom. The summed E-state index contributed by atoms with van der Waals surface area (Å²) in [6, 6.07) is 2.07. The van der Waals surface area contributed by atoms with E-state index in [1.165, 1.54) is 7.11 Å². The largest absolute Gasteiger partial charge is 0.465 e. The van der Waals surface area contributed by atoms with Crippen LogP contribution >= 0.6 is 0 Å². The van der Waals surface area contributed by atoms with Crippen LogP contribution in [0.25, 0.3) is 0 Å². The lowest BCUT2D eigenvalue weighted by Crippen LogP contribution is -2.49. The van der Waals surface area contributed by atoms with Crippen molar-refractivity contribution < 1.29 is 18.7 Å². The standard InChI is InChI=1S/C18H30N4O4/c1-5-19-18(20-11-13(2)22-6-8-25-9-7-22)21-12-15-10-16(14(3)26-15)17(23)24-4/h10,13H,5-9,11-12H2,1-4H3,(H2,19,20,21). The fourth-order valence-corrected chi connectivity index (χ4v) is 2.82. The normalized spacial score (nSPS) is 17.0. The number of methoxy groups -OCH3 is 1. The first kappa shape index (κ1) is 20.3. The highest BCUT2D eigenvalue weighted by molar-refractivity contribution is 5.90. The first-order valence-corrected chi connectivity index (χ1v) is 9.06. The summed E-state index contributed by atoms with van der Waals surface area (Å²) in [5, 5.41) is 6.60. The van der Waals surface area contributed by atoms with Crippen molar-refractivity contribution in [3.63, 3.8) is 0 Å². The molecule has 1 unspecified atom stereocenters. The molecule has 8 heteroatoms. The van der Waals surface area contributed by atoms with Crippen molar-refractivity contribution in [3.8, 4) is 0 Å². The van der Waals surface area contributed by atoms with Crippen molar-refractivity contribution in [1.29, 1.82) is 0 Å². The molecule has 26 heavy (non-hydrogen) atoms. The molecule has 0 aromatic carbocycles. The second-order valence-corrected chi connectivity index (χ2v) is 6.25. The van der Waals surface area contributed by atoms with Gasteiger partial charge in [0.05, 0.1) is 20.3 Å². The number of carbonyl (C=O) groups is 1. The molecule has 2 rings (SSSR count).